The first kappa shape index (κ1) is 17.8. The SMILES string of the molecule is CCOc1ccccc1C(=O)Nc1cnn(COc2cccc(Cl)c2)c1. The lowest BCUT2D eigenvalue weighted by molar-refractivity contribution is 0.102. The van der Waals surface area contributed by atoms with Gasteiger partial charge in [0.2, 0.25) is 0 Å². The highest BCUT2D eigenvalue weighted by Gasteiger charge is 2.13. The Bertz CT molecular complexity index is 895. The normalized spacial score (nSPS) is 10.4. The Hall–Kier alpha value is -2.99. The van der Waals surface area contributed by atoms with Gasteiger partial charge in [-0.2, -0.15) is 5.10 Å². The molecule has 0 aliphatic carbocycles. The molecular weight excluding hydrogens is 354 g/mol. The smallest absolute Gasteiger partial charge is 0.259 e. The number of nitrogens with zero attached hydrogens (tertiary/aromatic N) is 2. The minimum Gasteiger partial charge on any atom is -0.493 e. The van der Waals surface area contributed by atoms with Gasteiger partial charge in [0.15, 0.2) is 6.73 Å². The molecule has 0 unspecified atom stereocenters. The monoisotopic (exact) mass is 371 g/mol. The van der Waals surface area contributed by atoms with Gasteiger partial charge in [-0.05, 0) is 37.3 Å². The molecule has 134 valence electrons. The second-order valence-electron chi connectivity index (χ2n) is 5.38. The van der Waals surface area contributed by atoms with Gasteiger partial charge in [0.1, 0.15) is 11.5 Å². The highest BCUT2D eigenvalue weighted by atomic mass is 35.5. The number of para-hydroxylation sites is 1. The fraction of sp³-hybridized carbons (Fsp3) is 0.158. The van der Waals surface area contributed by atoms with Gasteiger partial charge in [-0.25, -0.2) is 4.68 Å². The van der Waals surface area contributed by atoms with Crippen LogP contribution in [0.15, 0.2) is 60.9 Å². The van der Waals surface area contributed by atoms with Crippen molar-refractivity contribution in [2.24, 2.45) is 0 Å². The summed E-state index contributed by atoms with van der Waals surface area (Å²) >= 11 is 5.92. The van der Waals surface area contributed by atoms with Crippen LogP contribution in [-0.4, -0.2) is 22.3 Å². The lowest BCUT2D eigenvalue weighted by Crippen LogP contribution is -2.13. The van der Waals surface area contributed by atoms with Crippen molar-refractivity contribution in [1.82, 2.24) is 9.78 Å². The van der Waals surface area contributed by atoms with Crippen molar-refractivity contribution in [2.75, 3.05) is 11.9 Å². The number of anilines is 1. The average molecular weight is 372 g/mol. The topological polar surface area (TPSA) is 65.4 Å². The van der Waals surface area contributed by atoms with Crippen molar-refractivity contribution in [3.05, 3.63) is 71.5 Å². The van der Waals surface area contributed by atoms with E-state index in [1.807, 2.05) is 25.1 Å². The molecule has 0 bridgehead atoms. The van der Waals surface area contributed by atoms with E-state index in [0.717, 1.165) is 0 Å². The van der Waals surface area contributed by atoms with Crippen molar-refractivity contribution in [2.45, 2.75) is 13.7 Å². The van der Waals surface area contributed by atoms with Crippen LogP contribution in [-0.2, 0) is 6.73 Å². The van der Waals surface area contributed by atoms with E-state index in [1.165, 1.54) is 0 Å². The second kappa shape index (κ2) is 8.40. The number of ether oxygens (including phenoxy) is 2. The first-order chi connectivity index (χ1) is 12.7. The summed E-state index contributed by atoms with van der Waals surface area (Å²) in [5.41, 5.74) is 1.04. The molecule has 2 aromatic carbocycles. The highest BCUT2D eigenvalue weighted by molar-refractivity contribution is 6.30. The predicted molar refractivity (Wildman–Crippen MR) is 99.9 cm³/mol. The van der Waals surface area contributed by atoms with E-state index in [9.17, 15) is 4.79 Å². The number of aromatic nitrogens is 2. The number of hydrogen-bond acceptors (Lipinski definition) is 4. The molecule has 0 saturated heterocycles. The number of nitrogens with one attached hydrogen (secondary N) is 1. The molecule has 0 saturated carbocycles. The van der Waals surface area contributed by atoms with E-state index in [0.29, 0.717) is 34.4 Å². The molecule has 3 aromatic rings. The van der Waals surface area contributed by atoms with Crippen molar-refractivity contribution in [3.63, 3.8) is 0 Å². The van der Waals surface area contributed by atoms with Gasteiger partial charge in [0, 0.05) is 5.02 Å². The third kappa shape index (κ3) is 4.55. The maximum atomic E-state index is 12.5. The van der Waals surface area contributed by atoms with Gasteiger partial charge >= 0.3 is 0 Å². The summed E-state index contributed by atoms with van der Waals surface area (Å²) < 4.78 is 12.7. The van der Waals surface area contributed by atoms with Crippen molar-refractivity contribution < 1.29 is 14.3 Å². The number of halogens is 1. The zero-order valence-corrected chi connectivity index (χ0v) is 14.9. The van der Waals surface area contributed by atoms with Gasteiger partial charge < -0.3 is 14.8 Å². The number of rotatable bonds is 7. The molecule has 0 fully saturated rings. The van der Waals surface area contributed by atoms with E-state index < -0.39 is 0 Å². The lowest BCUT2D eigenvalue weighted by atomic mass is 10.2. The van der Waals surface area contributed by atoms with E-state index in [-0.39, 0.29) is 12.6 Å². The number of benzene rings is 2. The second-order valence-corrected chi connectivity index (χ2v) is 5.82. The summed E-state index contributed by atoms with van der Waals surface area (Å²) in [5.74, 6) is 0.928. The Labute approximate surface area is 156 Å². The Morgan fingerprint density at radius 3 is 2.85 bits per heavy atom. The summed E-state index contributed by atoms with van der Waals surface area (Å²) in [7, 11) is 0. The zero-order chi connectivity index (χ0) is 18.4. The minimum absolute atomic E-state index is 0.200. The van der Waals surface area contributed by atoms with Crippen LogP contribution in [0.25, 0.3) is 0 Å². The van der Waals surface area contributed by atoms with Crippen LogP contribution >= 0.6 is 11.6 Å². The minimum atomic E-state index is -0.260. The van der Waals surface area contributed by atoms with E-state index in [1.54, 1.807) is 47.4 Å². The van der Waals surface area contributed by atoms with Crippen molar-refractivity contribution >= 4 is 23.2 Å². The Morgan fingerprint density at radius 1 is 1.19 bits per heavy atom. The molecule has 1 aromatic heterocycles. The molecule has 26 heavy (non-hydrogen) atoms. The molecule has 0 aliphatic rings. The van der Waals surface area contributed by atoms with E-state index >= 15 is 0 Å². The Balaban J connectivity index is 1.62. The average Bonchev–Trinajstić information content (AvgIpc) is 3.08. The summed E-state index contributed by atoms with van der Waals surface area (Å²) in [6, 6.07) is 14.2. The predicted octanol–water partition coefficient (Wildman–Crippen LogP) is 4.22. The largest absolute Gasteiger partial charge is 0.493 e. The maximum absolute atomic E-state index is 12.5. The zero-order valence-electron chi connectivity index (χ0n) is 14.2. The van der Waals surface area contributed by atoms with Gasteiger partial charge in [-0.1, -0.05) is 29.8 Å². The molecule has 1 amide bonds. The molecule has 7 heteroatoms. The summed E-state index contributed by atoms with van der Waals surface area (Å²) in [5, 5.41) is 7.58. The lowest BCUT2D eigenvalue weighted by Gasteiger charge is -2.09. The maximum Gasteiger partial charge on any atom is 0.259 e. The molecule has 3 rings (SSSR count). The van der Waals surface area contributed by atoms with E-state index in [2.05, 4.69) is 10.4 Å². The van der Waals surface area contributed by atoms with Crippen LogP contribution in [0.2, 0.25) is 5.02 Å². The standard InChI is InChI=1S/C19H18ClN3O3/c1-2-25-18-9-4-3-8-17(18)19(24)22-15-11-21-23(12-15)13-26-16-7-5-6-14(20)10-16/h3-12H,2,13H2,1H3,(H,22,24). The molecule has 1 heterocycles. The first-order valence-corrected chi connectivity index (χ1v) is 8.47. The number of carbonyl (C=O) groups is 1. The highest BCUT2D eigenvalue weighted by Crippen LogP contribution is 2.20. The number of hydrogen-bond donors (Lipinski definition) is 1. The Kier molecular flexibility index (Phi) is 5.76. The van der Waals surface area contributed by atoms with E-state index in [4.69, 9.17) is 21.1 Å². The van der Waals surface area contributed by atoms with Crippen LogP contribution in [0.1, 0.15) is 17.3 Å². The number of amides is 1. The number of carbonyl (C=O) groups excluding carboxylic acids is 1. The molecule has 0 spiro atoms. The Morgan fingerprint density at radius 2 is 2.04 bits per heavy atom. The molecule has 0 radical (unpaired) electrons. The van der Waals surface area contributed by atoms with Gasteiger partial charge in [0.05, 0.1) is 30.3 Å². The van der Waals surface area contributed by atoms with Crippen LogP contribution in [0.5, 0.6) is 11.5 Å². The van der Waals surface area contributed by atoms with Crippen LogP contribution in [0, 0.1) is 0 Å². The van der Waals surface area contributed by atoms with Crippen LogP contribution < -0.4 is 14.8 Å². The first-order valence-electron chi connectivity index (χ1n) is 8.09. The van der Waals surface area contributed by atoms with Gasteiger partial charge in [-0.3, -0.25) is 4.79 Å². The third-order valence-electron chi connectivity index (χ3n) is 3.48. The van der Waals surface area contributed by atoms with Gasteiger partial charge in [0.25, 0.3) is 5.91 Å². The molecular formula is C19H18ClN3O3. The fourth-order valence-corrected chi connectivity index (χ4v) is 2.51. The van der Waals surface area contributed by atoms with Crippen molar-refractivity contribution in [1.29, 1.82) is 0 Å². The fourth-order valence-electron chi connectivity index (χ4n) is 2.33. The van der Waals surface area contributed by atoms with Crippen LogP contribution in [0.3, 0.4) is 0 Å². The summed E-state index contributed by atoms with van der Waals surface area (Å²) in [6.07, 6.45) is 3.24. The summed E-state index contributed by atoms with van der Waals surface area (Å²) in [4.78, 5) is 12.5. The molecule has 6 nitrogen and oxygen atoms in total. The summed E-state index contributed by atoms with van der Waals surface area (Å²) in [6.45, 7) is 2.56. The third-order valence-corrected chi connectivity index (χ3v) is 3.72. The molecule has 1 N–H and O–H groups in total. The molecule has 0 aliphatic heterocycles. The van der Waals surface area contributed by atoms with Crippen LogP contribution in [0.4, 0.5) is 5.69 Å². The quantitative estimate of drug-likeness (QED) is 0.675. The molecule has 0 atom stereocenters. The van der Waals surface area contributed by atoms with Gasteiger partial charge in [-0.15, -0.1) is 0 Å². The van der Waals surface area contributed by atoms with Crippen molar-refractivity contribution in [3.8, 4) is 11.5 Å².